The lowest BCUT2D eigenvalue weighted by Crippen LogP contribution is -2.23. The van der Waals surface area contributed by atoms with Crippen molar-refractivity contribution in [2.45, 2.75) is 0 Å². The molecular weight excluding hydrogens is 222 g/mol. The molecule has 0 amide bonds. The van der Waals surface area contributed by atoms with E-state index in [2.05, 4.69) is 4.74 Å². The summed E-state index contributed by atoms with van der Waals surface area (Å²) < 4.78 is 9.32. The summed E-state index contributed by atoms with van der Waals surface area (Å²) >= 11 is 0. The van der Waals surface area contributed by atoms with Gasteiger partial charge in [-0.15, -0.1) is 0 Å². The van der Waals surface area contributed by atoms with Crippen LogP contribution in [0.3, 0.4) is 0 Å². The molecule has 17 heavy (non-hydrogen) atoms. The van der Waals surface area contributed by atoms with Gasteiger partial charge < -0.3 is 9.47 Å². The topological polar surface area (TPSA) is 76.4 Å². The molecule has 0 heterocycles. The number of Topliss-reactive ketones (excluding diaryl/α,β-unsaturated/α-hetero) is 1. The van der Waals surface area contributed by atoms with Crippen LogP contribution in [-0.2, 0) is 9.53 Å². The lowest BCUT2D eigenvalue weighted by Gasteiger charge is -2.06. The summed E-state index contributed by atoms with van der Waals surface area (Å²) in [5.74, 6) is -2.27. The van der Waals surface area contributed by atoms with E-state index >= 15 is 0 Å². The van der Waals surface area contributed by atoms with E-state index in [0.29, 0.717) is 5.75 Å². The number of nitriles is 1. The van der Waals surface area contributed by atoms with Gasteiger partial charge in [-0.05, 0) is 24.3 Å². The zero-order valence-electron chi connectivity index (χ0n) is 9.47. The molecule has 5 heteroatoms. The summed E-state index contributed by atoms with van der Waals surface area (Å²) in [5, 5.41) is 8.76. The van der Waals surface area contributed by atoms with Crippen molar-refractivity contribution in [1.82, 2.24) is 0 Å². The number of carbonyl (C=O) groups is 2. The first-order chi connectivity index (χ1) is 8.13. The van der Waals surface area contributed by atoms with Crippen molar-refractivity contribution in [2.75, 3.05) is 14.2 Å². The summed E-state index contributed by atoms with van der Waals surface area (Å²) in [6, 6.07) is 7.78. The van der Waals surface area contributed by atoms with Crippen LogP contribution in [0.15, 0.2) is 24.3 Å². The molecule has 0 spiro atoms. The van der Waals surface area contributed by atoms with Gasteiger partial charge >= 0.3 is 5.97 Å². The molecule has 1 aromatic rings. The molecule has 5 nitrogen and oxygen atoms in total. The van der Waals surface area contributed by atoms with Gasteiger partial charge in [-0.25, -0.2) is 0 Å². The SMILES string of the molecule is COC(=O)[C@H](C#N)C(=O)c1ccc(OC)cc1. The van der Waals surface area contributed by atoms with E-state index in [1.54, 1.807) is 18.2 Å². The van der Waals surface area contributed by atoms with E-state index in [0.717, 1.165) is 7.11 Å². The maximum atomic E-state index is 11.8. The standard InChI is InChI=1S/C12H11NO4/c1-16-9-5-3-8(4-6-9)11(14)10(7-13)12(15)17-2/h3-6,10H,1-2H3/t10-/m1/s1. The summed E-state index contributed by atoms with van der Waals surface area (Å²) in [6.07, 6.45) is 0. The number of benzene rings is 1. The number of rotatable bonds is 4. The molecular formula is C12H11NO4. The van der Waals surface area contributed by atoms with E-state index in [-0.39, 0.29) is 5.56 Å². The Bertz CT molecular complexity index is 458. The van der Waals surface area contributed by atoms with Crippen LogP contribution in [0.2, 0.25) is 0 Å². The molecule has 0 unspecified atom stereocenters. The minimum absolute atomic E-state index is 0.266. The Hall–Kier alpha value is -2.35. The van der Waals surface area contributed by atoms with Crippen LogP contribution in [0.5, 0.6) is 5.75 Å². The lowest BCUT2D eigenvalue weighted by molar-refractivity contribution is -0.141. The molecule has 1 atom stereocenters. The number of nitrogens with zero attached hydrogens (tertiary/aromatic N) is 1. The summed E-state index contributed by atoms with van der Waals surface area (Å²) in [6.45, 7) is 0. The van der Waals surface area contributed by atoms with Crippen LogP contribution in [-0.4, -0.2) is 26.0 Å². The molecule has 0 fully saturated rings. The zero-order valence-corrected chi connectivity index (χ0v) is 9.47. The third-order valence-electron chi connectivity index (χ3n) is 2.20. The Kier molecular flexibility index (Phi) is 4.23. The van der Waals surface area contributed by atoms with Crippen molar-refractivity contribution >= 4 is 11.8 Å². The van der Waals surface area contributed by atoms with Gasteiger partial charge in [-0.1, -0.05) is 0 Å². The van der Waals surface area contributed by atoms with Crippen molar-refractivity contribution in [3.8, 4) is 11.8 Å². The molecule has 0 N–H and O–H groups in total. The highest BCUT2D eigenvalue weighted by Gasteiger charge is 2.28. The smallest absolute Gasteiger partial charge is 0.331 e. The number of ketones is 1. The van der Waals surface area contributed by atoms with Gasteiger partial charge in [-0.3, -0.25) is 9.59 Å². The molecule has 0 aliphatic heterocycles. The average Bonchev–Trinajstić information content (AvgIpc) is 2.39. The molecule has 1 aromatic carbocycles. The molecule has 0 aliphatic rings. The van der Waals surface area contributed by atoms with Crippen molar-refractivity contribution in [3.05, 3.63) is 29.8 Å². The first-order valence-electron chi connectivity index (χ1n) is 4.79. The van der Waals surface area contributed by atoms with E-state index in [1.165, 1.54) is 19.2 Å². The van der Waals surface area contributed by atoms with E-state index in [9.17, 15) is 9.59 Å². The monoisotopic (exact) mass is 233 g/mol. The molecule has 0 radical (unpaired) electrons. The Morgan fingerprint density at radius 3 is 2.24 bits per heavy atom. The zero-order chi connectivity index (χ0) is 12.8. The predicted molar refractivity (Wildman–Crippen MR) is 58.4 cm³/mol. The van der Waals surface area contributed by atoms with E-state index in [1.807, 2.05) is 0 Å². The highest BCUT2D eigenvalue weighted by Crippen LogP contribution is 2.15. The van der Waals surface area contributed by atoms with Crippen LogP contribution < -0.4 is 4.74 Å². The third-order valence-corrected chi connectivity index (χ3v) is 2.20. The highest BCUT2D eigenvalue weighted by molar-refractivity contribution is 6.10. The van der Waals surface area contributed by atoms with Crippen LogP contribution >= 0.6 is 0 Å². The van der Waals surface area contributed by atoms with Crippen LogP contribution in [0.1, 0.15) is 10.4 Å². The number of ether oxygens (including phenoxy) is 2. The van der Waals surface area contributed by atoms with Gasteiger partial charge in [0.15, 0.2) is 5.78 Å². The summed E-state index contributed by atoms with van der Waals surface area (Å²) in [5.41, 5.74) is 0.266. The largest absolute Gasteiger partial charge is 0.497 e. The molecule has 0 aliphatic carbocycles. The maximum Gasteiger partial charge on any atom is 0.331 e. The fourth-order valence-corrected chi connectivity index (χ4v) is 1.26. The van der Waals surface area contributed by atoms with Gasteiger partial charge in [0.2, 0.25) is 5.92 Å². The van der Waals surface area contributed by atoms with Crippen LogP contribution in [0.4, 0.5) is 0 Å². The van der Waals surface area contributed by atoms with Gasteiger partial charge in [0.1, 0.15) is 5.75 Å². The quantitative estimate of drug-likeness (QED) is 0.443. The normalized spacial score (nSPS) is 11.1. The average molecular weight is 233 g/mol. The first kappa shape index (κ1) is 12.7. The molecule has 1 rings (SSSR count). The number of hydrogen-bond acceptors (Lipinski definition) is 5. The molecule has 88 valence electrons. The van der Waals surface area contributed by atoms with Crippen LogP contribution in [0.25, 0.3) is 0 Å². The van der Waals surface area contributed by atoms with Crippen molar-refractivity contribution in [1.29, 1.82) is 5.26 Å². The Morgan fingerprint density at radius 2 is 1.82 bits per heavy atom. The summed E-state index contributed by atoms with van der Waals surface area (Å²) in [7, 11) is 2.64. The second-order valence-electron chi connectivity index (χ2n) is 3.18. The second-order valence-corrected chi connectivity index (χ2v) is 3.18. The predicted octanol–water partition coefficient (Wildman–Crippen LogP) is 1.19. The van der Waals surface area contributed by atoms with Crippen molar-refractivity contribution in [2.24, 2.45) is 5.92 Å². The second kappa shape index (κ2) is 5.66. The van der Waals surface area contributed by atoms with Gasteiger partial charge in [0.25, 0.3) is 0 Å². The fourth-order valence-electron chi connectivity index (χ4n) is 1.26. The third kappa shape index (κ3) is 2.82. The molecule has 0 saturated carbocycles. The minimum Gasteiger partial charge on any atom is -0.497 e. The summed E-state index contributed by atoms with van der Waals surface area (Å²) in [4.78, 5) is 23.0. The van der Waals surface area contributed by atoms with Crippen molar-refractivity contribution < 1.29 is 19.1 Å². The first-order valence-corrected chi connectivity index (χ1v) is 4.79. The van der Waals surface area contributed by atoms with E-state index in [4.69, 9.17) is 10.00 Å². The van der Waals surface area contributed by atoms with Crippen LogP contribution in [0, 0.1) is 17.2 Å². The molecule has 0 bridgehead atoms. The van der Waals surface area contributed by atoms with Gasteiger partial charge in [0, 0.05) is 5.56 Å². The number of methoxy groups -OCH3 is 2. The number of hydrogen-bond donors (Lipinski definition) is 0. The maximum absolute atomic E-state index is 11.8. The Morgan fingerprint density at radius 1 is 1.24 bits per heavy atom. The number of esters is 1. The molecule has 0 aromatic heterocycles. The van der Waals surface area contributed by atoms with Crippen molar-refractivity contribution in [3.63, 3.8) is 0 Å². The Balaban J connectivity index is 2.95. The highest BCUT2D eigenvalue weighted by atomic mass is 16.5. The Labute approximate surface area is 98.6 Å². The number of carbonyl (C=O) groups excluding carboxylic acids is 2. The lowest BCUT2D eigenvalue weighted by atomic mass is 9.99. The molecule has 0 saturated heterocycles. The minimum atomic E-state index is -1.42. The van der Waals surface area contributed by atoms with E-state index < -0.39 is 17.7 Å². The fraction of sp³-hybridized carbons (Fsp3) is 0.250. The van der Waals surface area contributed by atoms with Gasteiger partial charge in [-0.2, -0.15) is 5.26 Å². The van der Waals surface area contributed by atoms with Gasteiger partial charge in [0.05, 0.1) is 20.3 Å².